The summed E-state index contributed by atoms with van der Waals surface area (Å²) < 4.78 is 7.19. The fourth-order valence-electron chi connectivity index (χ4n) is 3.97. The van der Waals surface area contributed by atoms with E-state index in [0.717, 1.165) is 11.3 Å². The predicted octanol–water partition coefficient (Wildman–Crippen LogP) is 1.12. The number of nitrogens with one attached hydrogen (secondary N) is 1. The van der Waals surface area contributed by atoms with Crippen LogP contribution in [0.5, 0.6) is 0 Å². The number of oxime groups is 1. The Labute approximate surface area is 249 Å². The number of ether oxygens (including phenoxy) is 1. The number of carboxylic acids is 1. The normalized spacial score (nSPS) is 18.8. The van der Waals surface area contributed by atoms with E-state index in [9.17, 15) is 24.3 Å². The first-order valence-electron chi connectivity index (χ1n) is 12.5. The van der Waals surface area contributed by atoms with Crippen molar-refractivity contribution in [3.8, 4) is 0 Å². The number of thiazole rings is 1. The van der Waals surface area contributed by atoms with Crippen molar-refractivity contribution in [2.75, 3.05) is 11.5 Å². The zero-order valence-electron chi connectivity index (χ0n) is 23.6. The van der Waals surface area contributed by atoms with Gasteiger partial charge in [0.1, 0.15) is 28.4 Å². The van der Waals surface area contributed by atoms with Crippen LogP contribution < -0.4 is 15.6 Å². The van der Waals surface area contributed by atoms with Gasteiger partial charge in [0, 0.05) is 28.8 Å². The fourth-order valence-corrected chi connectivity index (χ4v) is 5.86. The van der Waals surface area contributed by atoms with Crippen LogP contribution in [0.3, 0.4) is 0 Å². The number of carbonyl (C=O) groups excluding carboxylic acids is 3. The molecule has 2 aromatic heterocycles. The van der Waals surface area contributed by atoms with E-state index in [0.29, 0.717) is 17.9 Å². The number of fused-ring (bicyclic) bond motifs is 1. The van der Waals surface area contributed by atoms with Crippen LogP contribution in [0.25, 0.3) is 0 Å². The zero-order valence-corrected chi connectivity index (χ0v) is 25.2. The molecule has 5 N–H and O–H groups in total. The van der Waals surface area contributed by atoms with E-state index in [4.69, 9.17) is 15.3 Å². The highest BCUT2D eigenvalue weighted by Gasteiger charge is 2.55. The minimum atomic E-state index is -1.56. The average Bonchev–Trinajstić information content (AvgIpc) is 3.32. The first-order chi connectivity index (χ1) is 19.2. The molecular formula is C26H32N6O8S2. The molecule has 0 unspecified atom stereocenters. The van der Waals surface area contributed by atoms with Crippen molar-refractivity contribution in [1.82, 2.24) is 15.2 Å². The quantitative estimate of drug-likeness (QED) is 0.119. The van der Waals surface area contributed by atoms with Crippen molar-refractivity contribution in [2.45, 2.75) is 63.8 Å². The summed E-state index contributed by atoms with van der Waals surface area (Å²) in [6.07, 6.45) is 3.62. The molecule has 14 nitrogen and oxygen atoms in total. The van der Waals surface area contributed by atoms with E-state index in [1.807, 2.05) is 35.2 Å². The van der Waals surface area contributed by atoms with Gasteiger partial charge in [0.15, 0.2) is 29.8 Å². The molecule has 2 aromatic rings. The highest BCUT2D eigenvalue weighted by molar-refractivity contribution is 8.00. The number of hydrogen-bond acceptors (Lipinski definition) is 12. The van der Waals surface area contributed by atoms with Gasteiger partial charge in [0.05, 0.1) is 0 Å². The summed E-state index contributed by atoms with van der Waals surface area (Å²) in [5.74, 6) is -2.96. The number of pyridine rings is 1. The number of nitrogen functional groups attached to an aromatic ring is 1. The van der Waals surface area contributed by atoms with Crippen molar-refractivity contribution in [3.05, 3.63) is 52.9 Å². The number of nitrogens with zero attached hydrogens (tertiary/aromatic N) is 4. The molecular weight excluding hydrogens is 588 g/mol. The van der Waals surface area contributed by atoms with Crippen molar-refractivity contribution in [3.63, 3.8) is 0 Å². The van der Waals surface area contributed by atoms with E-state index < -0.39 is 46.4 Å². The topological polar surface area (TPSA) is 207 Å². The molecule has 2 amide bonds. The van der Waals surface area contributed by atoms with E-state index in [-0.39, 0.29) is 27.7 Å². The van der Waals surface area contributed by atoms with Crippen LogP contribution in [-0.2, 0) is 35.3 Å². The van der Waals surface area contributed by atoms with Crippen LogP contribution in [0.4, 0.5) is 5.13 Å². The molecule has 0 bridgehead atoms. The number of hydrogen-bond donors (Lipinski definition) is 3. The first-order valence-corrected chi connectivity index (χ1v) is 14.5. The molecule has 0 saturated carbocycles. The van der Waals surface area contributed by atoms with Crippen molar-refractivity contribution >= 4 is 57.7 Å². The van der Waals surface area contributed by atoms with Gasteiger partial charge in [-0.2, -0.15) is 0 Å². The Bertz CT molecular complexity index is 1430. The third-order valence-corrected chi connectivity index (χ3v) is 7.94. The van der Waals surface area contributed by atoms with E-state index in [2.05, 4.69) is 15.5 Å². The summed E-state index contributed by atoms with van der Waals surface area (Å²) in [7, 11) is 0. The summed E-state index contributed by atoms with van der Waals surface area (Å²) in [4.78, 5) is 62.1. The highest BCUT2D eigenvalue weighted by Crippen LogP contribution is 2.40. The van der Waals surface area contributed by atoms with Crippen LogP contribution in [-0.4, -0.2) is 78.3 Å². The van der Waals surface area contributed by atoms with Crippen molar-refractivity contribution < 1.29 is 43.9 Å². The second-order valence-corrected chi connectivity index (χ2v) is 12.8. The lowest BCUT2D eigenvalue weighted by molar-refractivity contribution is -0.689. The number of nitrogens with two attached hydrogens (primary N) is 1. The Morgan fingerprint density at radius 3 is 2.45 bits per heavy atom. The van der Waals surface area contributed by atoms with Crippen molar-refractivity contribution in [2.24, 2.45) is 5.16 Å². The molecule has 0 aromatic carbocycles. The number of anilines is 1. The van der Waals surface area contributed by atoms with Crippen LogP contribution in [0.1, 0.15) is 40.3 Å². The molecule has 1 fully saturated rings. The fraction of sp³-hybridized carbons (Fsp3) is 0.423. The molecule has 0 spiro atoms. The molecule has 42 heavy (non-hydrogen) atoms. The van der Waals surface area contributed by atoms with E-state index in [1.54, 1.807) is 20.8 Å². The summed E-state index contributed by atoms with van der Waals surface area (Å²) in [6.45, 7) is 8.29. The van der Waals surface area contributed by atoms with Gasteiger partial charge in [0.2, 0.25) is 5.60 Å². The molecule has 4 heterocycles. The van der Waals surface area contributed by atoms with Gasteiger partial charge in [0.25, 0.3) is 11.8 Å². The smallest absolute Gasteiger partial charge is 0.353 e. The Morgan fingerprint density at radius 2 is 1.88 bits per heavy atom. The zero-order chi connectivity index (χ0) is 30.1. The van der Waals surface area contributed by atoms with Crippen LogP contribution in [0.2, 0.25) is 0 Å². The Hall–Kier alpha value is -4.02. The average molecular weight is 621 g/mol. The second kappa shape index (κ2) is 12.5. The number of carboxylic acid groups (broad SMARTS) is 1. The molecule has 0 radical (unpaired) electrons. The van der Waals surface area contributed by atoms with Gasteiger partial charge in [-0.05, 0) is 34.6 Å². The number of rotatable bonds is 9. The van der Waals surface area contributed by atoms with Gasteiger partial charge in [-0.15, -0.1) is 23.1 Å². The largest absolute Gasteiger partial charge is 0.870 e. The molecule has 16 heteroatoms. The SMILES string of the molecule is CC(C)(C)OC(=O)C(C)(C)O/N=C(\C(=O)N[C@@H]1C(=O)N2C(C(=O)O)=C(C[n+]3ccccc3)CS[C@H]12)c1csc(N)n1.[OH-]. The second-order valence-electron chi connectivity index (χ2n) is 10.8. The van der Waals surface area contributed by atoms with Crippen LogP contribution >= 0.6 is 23.1 Å². The van der Waals surface area contributed by atoms with E-state index in [1.165, 1.54) is 35.9 Å². The minimum Gasteiger partial charge on any atom is -0.870 e. The summed E-state index contributed by atoms with van der Waals surface area (Å²) in [6, 6.07) is 4.48. The predicted molar refractivity (Wildman–Crippen MR) is 152 cm³/mol. The molecule has 1 saturated heterocycles. The highest BCUT2D eigenvalue weighted by atomic mass is 32.2. The lowest BCUT2D eigenvalue weighted by atomic mass is 10.0. The number of esters is 1. The molecule has 2 aliphatic rings. The third kappa shape index (κ3) is 7.06. The first kappa shape index (κ1) is 32.5. The van der Waals surface area contributed by atoms with Crippen molar-refractivity contribution in [1.29, 1.82) is 0 Å². The number of aromatic nitrogens is 2. The Kier molecular flexibility index (Phi) is 9.64. The number of amides is 2. The van der Waals surface area contributed by atoms with E-state index >= 15 is 0 Å². The van der Waals surface area contributed by atoms with Crippen LogP contribution in [0.15, 0.2) is 52.4 Å². The van der Waals surface area contributed by atoms with Gasteiger partial charge < -0.3 is 31.2 Å². The molecule has 2 atom stereocenters. The van der Waals surface area contributed by atoms with Gasteiger partial charge in [-0.1, -0.05) is 11.2 Å². The Balaban J connectivity index is 0.00000484. The third-order valence-electron chi connectivity index (χ3n) is 5.92. The number of aliphatic carboxylic acids is 1. The number of carbonyl (C=O) groups is 4. The molecule has 2 aliphatic heterocycles. The standard InChI is InChI=1S/C26H30N6O7S2.H2O/c1-25(2,3)38-23(37)26(4,5)39-30-16(15-13-41-24(27)28-15)19(33)29-17-20(34)32-18(22(35)36)14(12-40-21(17)32)11-31-9-7-6-8-10-31;/h6-10,13,17,21H,11-12H2,1-5H3,(H3-,27,28,29,33,35,36);1H2/b30-16-;/t17-,21-;/m1./s1. The number of thioether (sulfide) groups is 1. The summed E-state index contributed by atoms with van der Waals surface area (Å²) in [5, 5.41) is 17.5. The maximum atomic E-state index is 13.4. The minimum absolute atomic E-state index is 0. The van der Waals surface area contributed by atoms with Crippen LogP contribution in [0, 0.1) is 0 Å². The maximum absolute atomic E-state index is 13.4. The summed E-state index contributed by atoms with van der Waals surface area (Å²) in [5.41, 5.74) is 3.68. The summed E-state index contributed by atoms with van der Waals surface area (Å²) >= 11 is 2.41. The lowest BCUT2D eigenvalue weighted by Crippen LogP contribution is -2.71. The monoisotopic (exact) mass is 620 g/mol. The molecule has 0 aliphatic carbocycles. The van der Waals surface area contributed by atoms with Gasteiger partial charge in [-0.3, -0.25) is 14.5 Å². The van der Waals surface area contributed by atoms with Gasteiger partial charge >= 0.3 is 11.9 Å². The molecule has 4 rings (SSSR count). The molecule has 226 valence electrons. The van der Waals surface area contributed by atoms with Gasteiger partial charge in [-0.25, -0.2) is 19.1 Å². The lowest BCUT2D eigenvalue weighted by Gasteiger charge is -2.49. The number of β-lactam (4-membered cyclic amide) rings is 1. The maximum Gasteiger partial charge on any atom is 0.353 e. The Morgan fingerprint density at radius 1 is 1.21 bits per heavy atom.